The summed E-state index contributed by atoms with van der Waals surface area (Å²) in [6.45, 7) is 7.77. The van der Waals surface area contributed by atoms with Crippen molar-refractivity contribution in [3.8, 4) is 11.5 Å². The predicted molar refractivity (Wildman–Crippen MR) is 130 cm³/mol. The average molecular weight is 464 g/mol. The van der Waals surface area contributed by atoms with Gasteiger partial charge in [0.15, 0.2) is 16.6 Å². The van der Waals surface area contributed by atoms with Crippen molar-refractivity contribution in [2.24, 2.45) is 0 Å². The summed E-state index contributed by atoms with van der Waals surface area (Å²) in [5.41, 5.74) is 2.98. The van der Waals surface area contributed by atoms with Crippen LogP contribution >= 0.6 is 23.8 Å². The van der Waals surface area contributed by atoms with E-state index in [9.17, 15) is 0 Å². The molecule has 0 bridgehead atoms. The van der Waals surface area contributed by atoms with Gasteiger partial charge in [-0.05, 0) is 48.5 Å². The number of rotatable bonds is 8. The summed E-state index contributed by atoms with van der Waals surface area (Å²) in [6.07, 6.45) is 0. The van der Waals surface area contributed by atoms with Crippen LogP contribution in [0.1, 0.15) is 11.1 Å². The Kier molecular flexibility index (Phi) is 8.78. The Bertz CT molecular complexity index is 870. The van der Waals surface area contributed by atoms with Crippen LogP contribution in [0.15, 0.2) is 36.4 Å². The summed E-state index contributed by atoms with van der Waals surface area (Å²) in [7, 11) is 3.28. The molecule has 1 fully saturated rings. The van der Waals surface area contributed by atoms with Crippen molar-refractivity contribution >= 4 is 34.6 Å². The molecule has 168 valence electrons. The Morgan fingerprint density at radius 3 is 2.58 bits per heavy atom. The Morgan fingerprint density at radius 1 is 1.16 bits per heavy atom. The lowest BCUT2D eigenvalue weighted by Gasteiger charge is -2.32. The molecule has 0 amide bonds. The first-order valence-electron chi connectivity index (χ1n) is 10.3. The quantitative estimate of drug-likeness (QED) is 0.589. The van der Waals surface area contributed by atoms with E-state index in [1.165, 1.54) is 0 Å². The van der Waals surface area contributed by atoms with Gasteiger partial charge in [-0.15, -0.1) is 0 Å². The van der Waals surface area contributed by atoms with Gasteiger partial charge in [-0.2, -0.15) is 0 Å². The third-order valence-electron chi connectivity index (χ3n) is 5.35. The summed E-state index contributed by atoms with van der Waals surface area (Å²) in [5.74, 6) is 1.41. The number of hydrogen-bond donors (Lipinski definition) is 1. The first-order chi connectivity index (χ1) is 15.0. The van der Waals surface area contributed by atoms with Crippen LogP contribution in [-0.2, 0) is 11.3 Å². The largest absolute Gasteiger partial charge is 0.493 e. The number of morpholine rings is 1. The van der Waals surface area contributed by atoms with Gasteiger partial charge >= 0.3 is 0 Å². The fraction of sp³-hybridized carbons (Fsp3) is 0.435. The van der Waals surface area contributed by atoms with Crippen LogP contribution in [0.4, 0.5) is 5.69 Å². The SMILES string of the molecule is COc1ccc(CN(CCN2CCOCC2)C(=S)Nc2c(C)cccc2Cl)cc1OC. The molecule has 6 nitrogen and oxygen atoms in total. The fourth-order valence-corrected chi connectivity index (χ4v) is 4.04. The molecule has 0 spiro atoms. The molecule has 1 aliphatic heterocycles. The number of hydrogen-bond acceptors (Lipinski definition) is 5. The normalized spacial score (nSPS) is 14.2. The molecule has 0 radical (unpaired) electrons. The van der Waals surface area contributed by atoms with Crippen LogP contribution in [0.5, 0.6) is 11.5 Å². The number of aryl methyl sites for hydroxylation is 1. The minimum atomic E-state index is 0.638. The van der Waals surface area contributed by atoms with Crippen molar-refractivity contribution in [2.45, 2.75) is 13.5 Å². The van der Waals surface area contributed by atoms with E-state index in [1.54, 1.807) is 14.2 Å². The first kappa shape index (κ1) is 23.6. The molecule has 0 aliphatic carbocycles. The zero-order valence-electron chi connectivity index (χ0n) is 18.3. The van der Waals surface area contributed by atoms with Crippen LogP contribution in [0, 0.1) is 6.92 Å². The maximum atomic E-state index is 6.42. The van der Waals surface area contributed by atoms with Crippen LogP contribution in [-0.4, -0.2) is 68.5 Å². The highest BCUT2D eigenvalue weighted by molar-refractivity contribution is 7.80. The number of ether oxygens (including phenoxy) is 3. The number of benzene rings is 2. The molecule has 0 atom stereocenters. The molecule has 1 aliphatic rings. The van der Waals surface area contributed by atoms with Gasteiger partial charge in [-0.3, -0.25) is 4.90 Å². The second-order valence-corrected chi connectivity index (χ2v) is 8.22. The lowest BCUT2D eigenvalue weighted by atomic mass is 10.2. The van der Waals surface area contributed by atoms with Crippen LogP contribution in [0.25, 0.3) is 0 Å². The third-order valence-corrected chi connectivity index (χ3v) is 6.03. The molecule has 8 heteroatoms. The van der Waals surface area contributed by atoms with Gasteiger partial charge < -0.3 is 24.4 Å². The molecule has 2 aromatic rings. The standard InChI is InChI=1S/C23H30ClN3O3S/c1-17-5-4-6-19(24)22(17)25-23(31)27(10-9-26-11-13-30-14-12-26)16-18-7-8-20(28-2)21(15-18)29-3/h4-8,15H,9-14,16H2,1-3H3,(H,25,31). The second kappa shape index (κ2) is 11.5. The number of methoxy groups -OCH3 is 2. The van der Waals surface area contributed by atoms with E-state index in [0.29, 0.717) is 28.2 Å². The highest BCUT2D eigenvalue weighted by Crippen LogP contribution is 2.29. The van der Waals surface area contributed by atoms with E-state index in [1.807, 2.05) is 43.3 Å². The van der Waals surface area contributed by atoms with Crippen molar-refractivity contribution in [2.75, 3.05) is 58.9 Å². The summed E-state index contributed by atoms with van der Waals surface area (Å²) < 4.78 is 16.3. The van der Waals surface area contributed by atoms with Gasteiger partial charge in [0, 0.05) is 32.7 Å². The fourth-order valence-electron chi connectivity index (χ4n) is 3.51. The average Bonchev–Trinajstić information content (AvgIpc) is 2.79. The van der Waals surface area contributed by atoms with E-state index in [4.69, 9.17) is 38.0 Å². The van der Waals surface area contributed by atoms with Crippen molar-refractivity contribution in [3.63, 3.8) is 0 Å². The Hall–Kier alpha value is -2.06. The van der Waals surface area contributed by atoms with Crippen molar-refractivity contribution in [1.29, 1.82) is 0 Å². The van der Waals surface area contributed by atoms with Gasteiger partial charge in [0.25, 0.3) is 0 Å². The Morgan fingerprint density at radius 2 is 1.90 bits per heavy atom. The van der Waals surface area contributed by atoms with Crippen molar-refractivity contribution < 1.29 is 14.2 Å². The summed E-state index contributed by atoms with van der Waals surface area (Å²) >= 11 is 12.2. The highest BCUT2D eigenvalue weighted by atomic mass is 35.5. The molecule has 0 aromatic heterocycles. The number of halogens is 1. The molecule has 0 saturated carbocycles. The topological polar surface area (TPSA) is 46.2 Å². The van der Waals surface area contributed by atoms with Gasteiger partial charge in [-0.1, -0.05) is 29.8 Å². The Balaban J connectivity index is 1.77. The maximum absolute atomic E-state index is 6.42. The number of para-hydroxylation sites is 1. The van der Waals surface area contributed by atoms with E-state index < -0.39 is 0 Å². The Labute approximate surface area is 195 Å². The zero-order chi connectivity index (χ0) is 22.2. The molecule has 3 rings (SSSR count). The number of nitrogens with one attached hydrogen (secondary N) is 1. The van der Waals surface area contributed by atoms with E-state index in [-0.39, 0.29) is 0 Å². The summed E-state index contributed by atoms with van der Waals surface area (Å²) in [4.78, 5) is 4.56. The monoisotopic (exact) mass is 463 g/mol. The molecule has 1 N–H and O–H groups in total. The smallest absolute Gasteiger partial charge is 0.173 e. The summed E-state index contributed by atoms with van der Waals surface area (Å²) in [6, 6.07) is 11.8. The van der Waals surface area contributed by atoms with Crippen molar-refractivity contribution in [1.82, 2.24) is 9.80 Å². The molecule has 0 unspecified atom stereocenters. The van der Waals surface area contributed by atoms with Crippen LogP contribution in [0.3, 0.4) is 0 Å². The minimum Gasteiger partial charge on any atom is -0.493 e. The van der Waals surface area contributed by atoms with E-state index in [2.05, 4.69) is 15.1 Å². The molecule has 1 heterocycles. The summed E-state index contributed by atoms with van der Waals surface area (Å²) in [5, 5.41) is 4.66. The van der Waals surface area contributed by atoms with Gasteiger partial charge in [-0.25, -0.2) is 0 Å². The zero-order valence-corrected chi connectivity index (χ0v) is 19.9. The van der Waals surface area contributed by atoms with Gasteiger partial charge in [0.05, 0.1) is 38.1 Å². The van der Waals surface area contributed by atoms with Crippen LogP contribution in [0.2, 0.25) is 5.02 Å². The van der Waals surface area contributed by atoms with Crippen molar-refractivity contribution in [3.05, 3.63) is 52.5 Å². The molecule has 31 heavy (non-hydrogen) atoms. The second-order valence-electron chi connectivity index (χ2n) is 7.43. The minimum absolute atomic E-state index is 0.638. The molecular weight excluding hydrogens is 434 g/mol. The van der Waals surface area contributed by atoms with E-state index in [0.717, 1.165) is 56.2 Å². The van der Waals surface area contributed by atoms with Gasteiger partial charge in [0.1, 0.15) is 0 Å². The first-order valence-corrected chi connectivity index (χ1v) is 11.1. The number of anilines is 1. The van der Waals surface area contributed by atoms with Gasteiger partial charge in [0.2, 0.25) is 0 Å². The molecular formula is C23H30ClN3O3S. The molecule has 2 aromatic carbocycles. The lowest BCUT2D eigenvalue weighted by Crippen LogP contribution is -2.44. The van der Waals surface area contributed by atoms with E-state index >= 15 is 0 Å². The number of thiocarbonyl (C=S) groups is 1. The lowest BCUT2D eigenvalue weighted by molar-refractivity contribution is 0.0358. The highest BCUT2D eigenvalue weighted by Gasteiger charge is 2.17. The number of nitrogens with zero attached hydrogens (tertiary/aromatic N) is 2. The third kappa shape index (κ3) is 6.46. The maximum Gasteiger partial charge on any atom is 0.173 e. The molecule has 1 saturated heterocycles. The predicted octanol–water partition coefficient (Wildman–Crippen LogP) is 4.20. The van der Waals surface area contributed by atoms with Crippen LogP contribution < -0.4 is 14.8 Å².